The van der Waals surface area contributed by atoms with Crippen molar-refractivity contribution < 1.29 is 33.4 Å². The van der Waals surface area contributed by atoms with Crippen LogP contribution >= 0.6 is 0 Å². The molecular formula is C54H70N4O7. The van der Waals surface area contributed by atoms with Crippen molar-refractivity contribution in [3.63, 3.8) is 0 Å². The van der Waals surface area contributed by atoms with Crippen molar-refractivity contribution >= 4 is 35.1 Å². The summed E-state index contributed by atoms with van der Waals surface area (Å²) in [5.74, 6) is -0.944. The number of carbonyl (C=O) groups is 4. The molecule has 348 valence electrons. The van der Waals surface area contributed by atoms with Crippen LogP contribution in [0.25, 0.3) is 0 Å². The van der Waals surface area contributed by atoms with Crippen LogP contribution in [0.4, 0.5) is 11.4 Å². The summed E-state index contributed by atoms with van der Waals surface area (Å²) < 4.78 is 17.2. The van der Waals surface area contributed by atoms with Gasteiger partial charge in [-0.15, -0.1) is 0 Å². The molecule has 2 amide bonds. The van der Waals surface area contributed by atoms with Gasteiger partial charge in [-0.2, -0.15) is 0 Å². The molecule has 2 atom stereocenters. The van der Waals surface area contributed by atoms with Gasteiger partial charge in [0.25, 0.3) is 0 Å². The Kier molecular flexibility index (Phi) is 17.9. The van der Waals surface area contributed by atoms with Crippen LogP contribution in [-0.4, -0.2) is 63.1 Å². The van der Waals surface area contributed by atoms with E-state index in [9.17, 15) is 19.2 Å². The summed E-state index contributed by atoms with van der Waals surface area (Å²) in [6, 6.07) is 26.2. The second-order valence-electron chi connectivity index (χ2n) is 18.3. The smallest absolute Gasteiger partial charge is 0.349 e. The number of anilines is 2. The molecule has 0 spiro atoms. The van der Waals surface area contributed by atoms with Crippen molar-refractivity contribution in [2.45, 2.75) is 118 Å². The molecule has 4 aromatic carbocycles. The first-order valence-corrected chi connectivity index (χ1v) is 24.0. The van der Waals surface area contributed by atoms with Gasteiger partial charge in [0.2, 0.25) is 11.8 Å². The quantitative estimate of drug-likeness (QED) is 0.0659. The highest BCUT2D eigenvalue weighted by Crippen LogP contribution is 2.34. The lowest BCUT2D eigenvalue weighted by atomic mass is 9.94. The lowest BCUT2D eigenvalue weighted by Crippen LogP contribution is -2.34. The maximum atomic E-state index is 13.7. The van der Waals surface area contributed by atoms with Gasteiger partial charge >= 0.3 is 11.9 Å². The Morgan fingerprint density at radius 2 is 0.923 bits per heavy atom. The lowest BCUT2D eigenvalue weighted by Gasteiger charge is -2.33. The van der Waals surface area contributed by atoms with E-state index >= 15 is 0 Å². The van der Waals surface area contributed by atoms with E-state index in [2.05, 4.69) is 84.5 Å². The van der Waals surface area contributed by atoms with Crippen molar-refractivity contribution in [3.8, 4) is 11.5 Å². The molecule has 2 aliphatic rings. The minimum absolute atomic E-state index is 0.0570. The number of rotatable bonds is 20. The Labute approximate surface area is 386 Å². The van der Waals surface area contributed by atoms with Gasteiger partial charge in [0.15, 0.2) is 0 Å². The molecule has 2 saturated heterocycles. The molecule has 0 aromatic heterocycles. The van der Waals surface area contributed by atoms with Crippen molar-refractivity contribution in [2.24, 2.45) is 11.8 Å². The van der Waals surface area contributed by atoms with Gasteiger partial charge in [-0.1, -0.05) is 76.2 Å². The number of nitrogens with zero attached hydrogens (tertiary/aromatic N) is 2. The van der Waals surface area contributed by atoms with Crippen LogP contribution in [0.2, 0.25) is 0 Å². The largest absolute Gasteiger partial charge is 0.493 e. The topological polar surface area (TPSA) is 127 Å². The SMILES string of the molecule is CCOc1cc(CC(=O)N[C@@H](CC(C)C)c2ccccc2N2CCCCC2)ccc1C(=O)OC(=O)c1ccc(CC(=O)N[C@@H](CC(C)C)c2ccccc2N2CCCCC2)cc1OCC. The first-order chi connectivity index (χ1) is 31.4. The number of para-hydroxylation sites is 2. The van der Waals surface area contributed by atoms with Gasteiger partial charge in [0.1, 0.15) is 22.6 Å². The first kappa shape index (κ1) is 48.6. The Bertz CT molecular complexity index is 2070. The summed E-state index contributed by atoms with van der Waals surface area (Å²) in [6.45, 7) is 16.8. The highest BCUT2D eigenvalue weighted by molar-refractivity contribution is 6.05. The number of carbonyl (C=O) groups excluding carboxylic acids is 4. The highest BCUT2D eigenvalue weighted by Gasteiger charge is 2.27. The molecule has 2 fully saturated rings. The number of hydrogen-bond donors (Lipinski definition) is 2. The summed E-state index contributed by atoms with van der Waals surface area (Å²) in [4.78, 5) is 59.5. The van der Waals surface area contributed by atoms with Gasteiger partial charge in [-0.3, -0.25) is 9.59 Å². The Morgan fingerprint density at radius 3 is 1.29 bits per heavy atom. The third kappa shape index (κ3) is 13.6. The van der Waals surface area contributed by atoms with E-state index in [1.807, 2.05) is 12.1 Å². The average Bonchev–Trinajstić information content (AvgIpc) is 3.29. The van der Waals surface area contributed by atoms with Crippen molar-refractivity contribution in [3.05, 3.63) is 118 Å². The molecule has 0 bridgehead atoms. The molecule has 11 nitrogen and oxygen atoms in total. The molecule has 0 saturated carbocycles. The minimum atomic E-state index is -0.896. The van der Waals surface area contributed by atoms with Crippen LogP contribution in [0.1, 0.15) is 148 Å². The van der Waals surface area contributed by atoms with Crippen molar-refractivity contribution in [1.29, 1.82) is 0 Å². The molecule has 4 aromatic rings. The minimum Gasteiger partial charge on any atom is -0.493 e. The molecule has 6 rings (SSSR count). The van der Waals surface area contributed by atoms with Crippen LogP contribution < -0.4 is 29.9 Å². The predicted octanol–water partition coefficient (Wildman–Crippen LogP) is 10.4. The monoisotopic (exact) mass is 887 g/mol. The third-order valence-electron chi connectivity index (χ3n) is 12.1. The van der Waals surface area contributed by atoms with E-state index in [-0.39, 0.29) is 72.6 Å². The number of hydrogen-bond acceptors (Lipinski definition) is 9. The second kappa shape index (κ2) is 23.9. The van der Waals surface area contributed by atoms with E-state index in [1.165, 1.54) is 36.3 Å². The molecule has 2 N–H and O–H groups in total. The fraction of sp³-hybridized carbons (Fsp3) is 0.481. The van der Waals surface area contributed by atoms with E-state index in [0.29, 0.717) is 23.0 Å². The Balaban J connectivity index is 1.12. The maximum Gasteiger partial charge on any atom is 0.349 e. The standard InChI is InChI=1S/C54H70N4O7/c1-7-63-49-33-39(35-51(59)55-45(31-37(3)4)41-19-11-13-21-47(41)57-27-15-9-16-28-57)23-25-43(49)53(61)65-54(62)44-26-24-40(34-50(44)64-8-2)36-52(60)56-46(32-38(5)6)42-20-12-14-22-48(42)58-29-17-10-18-30-58/h11-14,19-26,33-34,37-38,45-46H,7-10,15-18,27-32,35-36H2,1-6H3,(H,55,59)(H,56,60)/t45-,46-/m0/s1. The number of piperidine rings is 2. The molecule has 65 heavy (non-hydrogen) atoms. The van der Waals surface area contributed by atoms with Gasteiger partial charge in [0, 0.05) is 37.6 Å². The Morgan fingerprint density at radius 1 is 0.538 bits per heavy atom. The zero-order valence-corrected chi connectivity index (χ0v) is 39.5. The highest BCUT2D eigenvalue weighted by atomic mass is 16.6. The van der Waals surface area contributed by atoms with Gasteiger partial charge < -0.3 is 34.6 Å². The van der Waals surface area contributed by atoms with E-state index in [1.54, 1.807) is 38.1 Å². The van der Waals surface area contributed by atoms with E-state index in [0.717, 1.165) is 75.8 Å². The molecular weight excluding hydrogens is 817 g/mol. The molecule has 0 aliphatic carbocycles. The van der Waals surface area contributed by atoms with Gasteiger partial charge in [-0.05, 0) is 136 Å². The van der Waals surface area contributed by atoms with Crippen LogP contribution in [0, 0.1) is 11.8 Å². The first-order valence-electron chi connectivity index (χ1n) is 24.0. The summed E-state index contributed by atoms with van der Waals surface area (Å²) >= 11 is 0. The van der Waals surface area contributed by atoms with Crippen LogP contribution in [0.15, 0.2) is 84.9 Å². The molecule has 2 heterocycles. The van der Waals surface area contributed by atoms with Crippen LogP contribution in [0.5, 0.6) is 11.5 Å². The van der Waals surface area contributed by atoms with Crippen molar-refractivity contribution in [2.75, 3.05) is 49.2 Å². The third-order valence-corrected chi connectivity index (χ3v) is 12.1. The number of ether oxygens (including phenoxy) is 3. The van der Waals surface area contributed by atoms with Crippen LogP contribution in [0.3, 0.4) is 0 Å². The zero-order valence-electron chi connectivity index (χ0n) is 39.5. The number of amides is 2. The normalized spacial score (nSPS) is 15.0. The summed E-state index contributed by atoms with van der Waals surface area (Å²) in [6.07, 6.45) is 8.83. The number of nitrogens with one attached hydrogen (secondary N) is 2. The fourth-order valence-electron chi connectivity index (χ4n) is 9.18. The van der Waals surface area contributed by atoms with Gasteiger partial charge in [0.05, 0.1) is 38.1 Å². The fourth-order valence-corrected chi connectivity index (χ4v) is 9.18. The molecule has 11 heteroatoms. The summed E-state index contributed by atoms with van der Waals surface area (Å²) in [5, 5.41) is 6.62. The molecule has 2 aliphatic heterocycles. The summed E-state index contributed by atoms with van der Waals surface area (Å²) in [5.41, 5.74) is 6.02. The van der Waals surface area contributed by atoms with E-state index in [4.69, 9.17) is 14.2 Å². The van der Waals surface area contributed by atoms with Crippen molar-refractivity contribution in [1.82, 2.24) is 10.6 Å². The zero-order chi connectivity index (χ0) is 46.3. The average molecular weight is 887 g/mol. The van der Waals surface area contributed by atoms with Crippen LogP contribution in [-0.2, 0) is 27.2 Å². The summed E-state index contributed by atoms with van der Waals surface area (Å²) in [7, 11) is 0. The number of esters is 2. The number of benzene rings is 4. The van der Waals surface area contributed by atoms with E-state index < -0.39 is 11.9 Å². The Hall–Kier alpha value is -5.84. The predicted molar refractivity (Wildman–Crippen MR) is 258 cm³/mol. The maximum absolute atomic E-state index is 13.7. The molecule has 0 unspecified atom stereocenters. The second-order valence-corrected chi connectivity index (χ2v) is 18.3. The molecule has 0 radical (unpaired) electrons. The lowest BCUT2D eigenvalue weighted by molar-refractivity contribution is -0.122. The van der Waals surface area contributed by atoms with Gasteiger partial charge in [-0.25, -0.2) is 9.59 Å².